The third-order valence-corrected chi connectivity index (χ3v) is 3.53. The third-order valence-electron chi connectivity index (χ3n) is 3.53. The summed E-state index contributed by atoms with van der Waals surface area (Å²) in [7, 11) is 0. The molecule has 0 fully saturated rings. The standard InChI is InChI=1S/C13H17F4N/c1-4-8(2)12(3,18)9-5-6-10(11(14)7-9)13(15,16)17/h5-8H,4,18H2,1-3H3. The van der Waals surface area contributed by atoms with Gasteiger partial charge < -0.3 is 5.73 Å². The van der Waals surface area contributed by atoms with Crippen LogP contribution in [0.4, 0.5) is 17.6 Å². The zero-order chi connectivity index (χ0) is 14.1. The van der Waals surface area contributed by atoms with Gasteiger partial charge in [-0.3, -0.25) is 0 Å². The fraction of sp³-hybridized carbons (Fsp3) is 0.538. The van der Waals surface area contributed by atoms with Crippen LogP contribution >= 0.6 is 0 Å². The van der Waals surface area contributed by atoms with Gasteiger partial charge in [-0.15, -0.1) is 0 Å². The predicted molar refractivity (Wildman–Crippen MR) is 62.4 cm³/mol. The van der Waals surface area contributed by atoms with E-state index in [9.17, 15) is 17.6 Å². The van der Waals surface area contributed by atoms with E-state index in [1.165, 1.54) is 6.07 Å². The molecule has 102 valence electrons. The summed E-state index contributed by atoms with van der Waals surface area (Å²) in [5.41, 5.74) is 4.34. The van der Waals surface area contributed by atoms with Crippen molar-refractivity contribution in [1.29, 1.82) is 0 Å². The summed E-state index contributed by atoms with van der Waals surface area (Å²) in [5, 5.41) is 0. The van der Waals surface area contributed by atoms with Crippen LogP contribution in [-0.2, 0) is 11.7 Å². The summed E-state index contributed by atoms with van der Waals surface area (Å²) in [6, 6.07) is 2.88. The Kier molecular flexibility index (Phi) is 4.05. The summed E-state index contributed by atoms with van der Waals surface area (Å²) in [6.07, 6.45) is -3.92. The molecule has 0 bridgehead atoms. The Morgan fingerprint density at radius 3 is 2.22 bits per heavy atom. The summed E-state index contributed by atoms with van der Waals surface area (Å²) >= 11 is 0. The van der Waals surface area contributed by atoms with Gasteiger partial charge in [-0.05, 0) is 30.5 Å². The number of benzene rings is 1. The molecule has 2 N–H and O–H groups in total. The molecule has 0 aromatic heterocycles. The maximum Gasteiger partial charge on any atom is 0.419 e. The Bertz CT molecular complexity index is 423. The summed E-state index contributed by atoms with van der Waals surface area (Å²) < 4.78 is 50.8. The van der Waals surface area contributed by atoms with Crippen molar-refractivity contribution in [3.05, 3.63) is 35.1 Å². The lowest BCUT2D eigenvalue weighted by molar-refractivity contribution is -0.140. The molecule has 2 atom stereocenters. The number of hydrogen-bond donors (Lipinski definition) is 1. The number of halogens is 4. The summed E-state index contributed by atoms with van der Waals surface area (Å²) in [5.74, 6) is -1.24. The van der Waals surface area contributed by atoms with Crippen molar-refractivity contribution in [2.45, 2.75) is 38.9 Å². The zero-order valence-corrected chi connectivity index (χ0v) is 10.6. The van der Waals surface area contributed by atoms with Gasteiger partial charge in [-0.25, -0.2) is 4.39 Å². The molecule has 5 heteroatoms. The third kappa shape index (κ3) is 2.83. The number of alkyl halides is 3. The van der Waals surface area contributed by atoms with Crippen molar-refractivity contribution in [3.8, 4) is 0 Å². The molecular formula is C13H17F4N. The van der Waals surface area contributed by atoms with Crippen LogP contribution in [0.3, 0.4) is 0 Å². The molecule has 0 aliphatic heterocycles. The van der Waals surface area contributed by atoms with Crippen molar-refractivity contribution in [3.63, 3.8) is 0 Å². The first-order chi connectivity index (χ1) is 8.10. The highest BCUT2D eigenvalue weighted by atomic mass is 19.4. The topological polar surface area (TPSA) is 26.0 Å². The van der Waals surface area contributed by atoms with Gasteiger partial charge in [-0.1, -0.05) is 26.3 Å². The van der Waals surface area contributed by atoms with E-state index in [1.807, 2.05) is 13.8 Å². The van der Waals surface area contributed by atoms with Gasteiger partial charge in [-0.2, -0.15) is 13.2 Å². The van der Waals surface area contributed by atoms with E-state index in [0.717, 1.165) is 18.6 Å². The second kappa shape index (κ2) is 4.88. The normalized spacial score (nSPS) is 17.3. The van der Waals surface area contributed by atoms with Crippen LogP contribution in [0.25, 0.3) is 0 Å². The molecule has 18 heavy (non-hydrogen) atoms. The lowest BCUT2D eigenvalue weighted by atomic mass is 9.80. The molecule has 0 aliphatic rings. The fourth-order valence-electron chi connectivity index (χ4n) is 1.79. The molecule has 1 aromatic carbocycles. The van der Waals surface area contributed by atoms with Gasteiger partial charge in [0.25, 0.3) is 0 Å². The Morgan fingerprint density at radius 1 is 1.28 bits per heavy atom. The van der Waals surface area contributed by atoms with Crippen LogP contribution in [-0.4, -0.2) is 0 Å². The highest BCUT2D eigenvalue weighted by molar-refractivity contribution is 5.31. The summed E-state index contributed by atoms with van der Waals surface area (Å²) in [4.78, 5) is 0. The maximum atomic E-state index is 13.5. The van der Waals surface area contributed by atoms with Crippen molar-refractivity contribution in [1.82, 2.24) is 0 Å². The monoisotopic (exact) mass is 263 g/mol. The predicted octanol–water partition coefficient (Wildman–Crippen LogP) is 4.06. The van der Waals surface area contributed by atoms with Gasteiger partial charge in [0.05, 0.1) is 5.56 Å². The number of rotatable bonds is 3. The SMILES string of the molecule is CCC(C)C(C)(N)c1ccc(C(F)(F)F)c(F)c1. The average molecular weight is 263 g/mol. The first kappa shape index (κ1) is 15.0. The highest BCUT2D eigenvalue weighted by Gasteiger charge is 2.35. The van der Waals surface area contributed by atoms with E-state index < -0.39 is 23.1 Å². The van der Waals surface area contributed by atoms with Crippen LogP contribution in [0.5, 0.6) is 0 Å². The Morgan fingerprint density at radius 2 is 1.83 bits per heavy atom. The second-order valence-corrected chi connectivity index (χ2v) is 4.78. The smallest absolute Gasteiger partial charge is 0.321 e. The average Bonchev–Trinajstić information content (AvgIpc) is 2.25. The lowest BCUT2D eigenvalue weighted by Gasteiger charge is -2.32. The first-order valence-corrected chi connectivity index (χ1v) is 5.76. The van der Waals surface area contributed by atoms with Crippen LogP contribution in [0, 0.1) is 11.7 Å². The van der Waals surface area contributed by atoms with Gasteiger partial charge in [0, 0.05) is 5.54 Å². The molecule has 1 nitrogen and oxygen atoms in total. The van der Waals surface area contributed by atoms with Crippen molar-refractivity contribution in [2.24, 2.45) is 11.7 Å². The zero-order valence-electron chi connectivity index (χ0n) is 10.6. The van der Waals surface area contributed by atoms with E-state index in [1.54, 1.807) is 6.92 Å². The van der Waals surface area contributed by atoms with Crippen molar-refractivity contribution in [2.75, 3.05) is 0 Å². The summed E-state index contributed by atoms with van der Waals surface area (Å²) in [6.45, 7) is 5.51. The molecule has 0 heterocycles. The molecule has 1 rings (SSSR count). The van der Waals surface area contributed by atoms with Crippen LogP contribution in [0.15, 0.2) is 18.2 Å². The quantitative estimate of drug-likeness (QED) is 0.817. The fourth-order valence-corrected chi connectivity index (χ4v) is 1.79. The van der Waals surface area contributed by atoms with Crippen LogP contribution in [0.1, 0.15) is 38.3 Å². The molecule has 2 unspecified atom stereocenters. The van der Waals surface area contributed by atoms with Gasteiger partial charge >= 0.3 is 6.18 Å². The molecule has 0 amide bonds. The number of nitrogens with two attached hydrogens (primary N) is 1. The molecule has 1 aromatic rings. The first-order valence-electron chi connectivity index (χ1n) is 5.76. The van der Waals surface area contributed by atoms with Crippen molar-refractivity contribution >= 4 is 0 Å². The van der Waals surface area contributed by atoms with Crippen molar-refractivity contribution < 1.29 is 17.6 Å². The Balaban J connectivity index is 3.20. The van der Waals surface area contributed by atoms with E-state index in [-0.39, 0.29) is 5.92 Å². The van der Waals surface area contributed by atoms with Crippen LogP contribution < -0.4 is 5.73 Å². The minimum absolute atomic E-state index is 0.0358. The minimum Gasteiger partial charge on any atom is -0.321 e. The van der Waals surface area contributed by atoms with E-state index in [0.29, 0.717) is 5.56 Å². The van der Waals surface area contributed by atoms with E-state index in [4.69, 9.17) is 5.73 Å². The second-order valence-electron chi connectivity index (χ2n) is 4.78. The van der Waals surface area contributed by atoms with Gasteiger partial charge in [0.15, 0.2) is 0 Å². The Labute approximate surface area is 104 Å². The molecule has 0 saturated heterocycles. The molecule has 0 spiro atoms. The minimum atomic E-state index is -4.68. The molecule has 0 aliphatic carbocycles. The van der Waals surface area contributed by atoms with Crippen LogP contribution in [0.2, 0.25) is 0 Å². The molecule has 0 saturated carbocycles. The number of hydrogen-bond acceptors (Lipinski definition) is 1. The van der Waals surface area contributed by atoms with E-state index in [2.05, 4.69) is 0 Å². The highest BCUT2D eigenvalue weighted by Crippen LogP contribution is 2.35. The molecular weight excluding hydrogens is 246 g/mol. The molecule has 0 radical (unpaired) electrons. The largest absolute Gasteiger partial charge is 0.419 e. The van der Waals surface area contributed by atoms with Gasteiger partial charge in [0.2, 0.25) is 0 Å². The Hall–Kier alpha value is -1.10. The van der Waals surface area contributed by atoms with Gasteiger partial charge in [0.1, 0.15) is 5.82 Å². The maximum absolute atomic E-state index is 13.5. The lowest BCUT2D eigenvalue weighted by Crippen LogP contribution is -2.39. The van der Waals surface area contributed by atoms with E-state index >= 15 is 0 Å².